The van der Waals surface area contributed by atoms with E-state index >= 15 is 0 Å². The van der Waals surface area contributed by atoms with E-state index in [1.165, 1.54) is 11.5 Å². The molecule has 28 heavy (non-hydrogen) atoms. The number of hydrogen-bond acceptors (Lipinski definition) is 5. The highest BCUT2D eigenvalue weighted by atomic mass is 32.2. The molecule has 4 heterocycles. The molecule has 0 aliphatic carbocycles. The summed E-state index contributed by atoms with van der Waals surface area (Å²) in [4.78, 5) is 16.9. The quantitative estimate of drug-likeness (QED) is 0.713. The zero-order chi connectivity index (χ0) is 19.3. The summed E-state index contributed by atoms with van der Waals surface area (Å²) in [5.41, 5.74) is 5.15. The minimum Gasteiger partial charge on any atom is -0.361 e. The standard InChI is InChI=1S/C21H24N4O2S/c1-12-20(13(2)27-24-12)14-3-5-18-17(11-14)23-21(16-4-6-19(26)22-16)25(18)15-7-9-28-10-8-15/h3,5,11,15-16H,4,6-10H2,1-2H3,(H,22,26). The highest BCUT2D eigenvalue weighted by Crippen LogP contribution is 2.37. The summed E-state index contributed by atoms with van der Waals surface area (Å²) in [6.45, 7) is 3.91. The number of carbonyl (C=O) groups is 1. The lowest BCUT2D eigenvalue weighted by molar-refractivity contribution is -0.119. The van der Waals surface area contributed by atoms with E-state index in [1.54, 1.807) is 0 Å². The summed E-state index contributed by atoms with van der Waals surface area (Å²) < 4.78 is 7.76. The predicted molar refractivity (Wildman–Crippen MR) is 110 cm³/mol. The molecule has 2 aromatic heterocycles. The van der Waals surface area contributed by atoms with Gasteiger partial charge in [0.1, 0.15) is 11.6 Å². The van der Waals surface area contributed by atoms with E-state index in [4.69, 9.17) is 9.51 Å². The maximum absolute atomic E-state index is 11.8. The van der Waals surface area contributed by atoms with Crippen molar-refractivity contribution in [2.75, 3.05) is 11.5 Å². The Hall–Kier alpha value is -2.28. The van der Waals surface area contributed by atoms with E-state index in [0.29, 0.717) is 12.5 Å². The van der Waals surface area contributed by atoms with Crippen LogP contribution in [-0.4, -0.2) is 32.1 Å². The number of rotatable bonds is 3. The molecule has 0 radical (unpaired) electrons. The van der Waals surface area contributed by atoms with Gasteiger partial charge < -0.3 is 14.4 Å². The second-order valence-electron chi connectivity index (χ2n) is 7.74. The van der Waals surface area contributed by atoms with Crippen molar-refractivity contribution < 1.29 is 9.32 Å². The number of amides is 1. The molecule has 0 spiro atoms. The lowest BCUT2D eigenvalue weighted by atomic mass is 10.0. The van der Waals surface area contributed by atoms with Gasteiger partial charge in [-0.1, -0.05) is 11.2 Å². The summed E-state index contributed by atoms with van der Waals surface area (Å²) >= 11 is 2.02. The van der Waals surface area contributed by atoms with Gasteiger partial charge >= 0.3 is 0 Å². The number of nitrogens with one attached hydrogen (secondary N) is 1. The lowest BCUT2D eigenvalue weighted by Gasteiger charge is -2.26. The number of hydrogen-bond donors (Lipinski definition) is 1. The van der Waals surface area contributed by atoms with Crippen molar-refractivity contribution in [3.8, 4) is 11.1 Å². The maximum atomic E-state index is 11.8. The van der Waals surface area contributed by atoms with Crippen molar-refractivity contribution in [3.63, 3.8) is 0 Å². The van der Waals surface area contributed by atoms with Gasteiger partial charge in [-0.25, -0.2) is 4.98 Å². The van der Waals surface area contributed by atoms with E-state index in [0.717, 1.165) is 58.7 Å². The van der Waals surface area contributed by atoms with Crippen molar-refractivity contribution in [1.29, 1.82) is 0 Å². The SMILES string of the molecule is Cc1noc(C)c1-c1ccc2c(c1)nc(C1CCC(=O)N1)n2C1CCSCC1. The van der Waals surface area contributed by atoms with E-state index in [2.05, 4.69) is 33.2 Å². The number of thioether (sulfide) groups is 1. The fraction of sp³-hybridized carbons (Fsp3) is 0.476. The Kier molecular flexibility index (Phi) is 4.42. The number of nitrogens with zero attached hydrogens (tertiary/aromatic N) is 3. The van der Waals surface area contributed by atoms with E-state index in [-0.39, 0.29) is 11.9 Å². The third kappa shape index (κ3) is 2.92. The second kappa shape index (κ2) is 6.95. The van der Waals surface area contributed by atoms with Crippen molar-refractivity contribution in [1.82, 2.24) is 20.0 Å². The van der Waals surface area contributed by atoms with Crippen LogP contribution < -0.4 is 5.32 Å². The number of aromatic nitrogens is 3. The number of benzene rings is 1. The molecule has 6 nitrogen and oxygen atoms in total. The molecule has 2 saturated heterocycles. The lowest BCUT2D eigenvalue weighted by Crippen LogP contribution is -2.24. The highest BCUT2D eigenvalue weighted by Gasteiger charge is 2.30. The number of aryl methyl sites for hydroxylation is 2. The van der Waals surface area contributed by atoms with E-state index < -0.39 is 0 Å². The van der Waals surface area contributed by atoms with Crippen molar-refractivity contribution in [2.45, 2.75) is 51.6 Å². The van der Waals surface area contributed by atoms with Crippen LogP contribution in [0.4, 0.5) is 0 Å². The van der Waals surface area contributed by atoms with Crippen LogP contribution in [0.25, 0.3) is 22.2 Å². The Bertz CT molecular complexity index is 1030. The minimum absolute atomic E-state index is 0.0111. The first-order valence-corrected chi connectivity index (χ1v) is 11.1. The molecule has 1 amide bonds. The zero-order valence-corrected chi connectivity index (χ0v) is 17.0. The molecule has 0 saturated carbocycles. The number of fused-ring (bicyclic) bond motifs is 1. The number of imidazole rings is 1. The van der Waals surface area contributed by atoms with Gasteiger partial charge in [0, 0.05) is 18.0 Å². The molecular formula is C21H24N4O2S. The van der Waals surface area contributed by atoms with Gasteiger partial charge in [0.05, 0.1) is 22.8 Å². The Morgan fingerprint density at radius 2 is 2.04 bits per heavy atom. The third-order valence-electron chi connectivity index (χ3n) is 5.90. The van der Waals surface area contributed by atoms with Crippen LogP contribution in [0.1, 0.15) is 55.0 Å². The Morgan fingerprint density at radius 1 is 1.21 bits per heavy atom. The summed E-state index contributed by atoms with van der Waals surface area (Å²) in [5.74, 6) is 4.31. The Morgan fingerprint density at radius 3 is 2.71 bits per heavy atom. The van der Waals surface area contributed by atoms with Gasteiger partial charge in [-0.2, -0.15) is 11.8 Å². The summed E-state index contributed by atoms with van der Waals surface area (Å²) in [6, 6.07) is 6.91. The van der Waals surface area contributed by atoms with Gasteiger partial charge in [0.25, 0.3) is 0 Å². The van der Waals surface area contributed by atoms with Gasteiger partial charge in [0.2, 0.25) is 5.91 Å². The van der Waals surface area contributed by atoms with Gasteiger partial charge in [0.15, 0.2) is 0 Å². The van der Waals surface area contributed by atoms with Gasteiger partial charge in [-0.3, -0.25) is 4.79 Å². The van der Waals surface area contributed by atoms with Crippen LogP contribution in [-0.2, 0) is 4.79 Å². The normalized spacial score (nSPS) is 20.8. The molecule has 5 rings (SSSR count). The molecule has 7 heteroatoms. The van der Waals surface area contributed by atoms with Crippen LogP contribution in [0.2, 0.25) is 0 Å². The monoisotopic (exact) mass is 396 g/mol. The average molecular weight is 397 g/mol. The van der Waals surface area contributed by atoms with Crippen molar-refractivity contribution in [3.05, 3.63) is 35.5 Å². The molecule has 1 N–H and O–H groups in total. The molecule has 2 aliphatic heterocycles. The predicted octanol–water partition coefficient (Wildman–Crippen LogP) is 4.33. The van der Waals surface area contributed by atoms with Crippen molar-refractivity contribution in [2.24, 2.45) is 0 Å². The maximum Gasteiger partial charge on any atom is 0.220 e. The summed E-state index contributed by atoms with van der Waals surface area (Å²) in [7, 11) is 0. The van der Waals surface area contributed by atoms with Gasteiger partial charge in [-0.15, -0.1) is 0 Å². The van der Waals surface area contributed by atoms with Crippen LogP contribution in [0.5, 0.6) is 0 Å². The first-order valence-electron chi connectivity index (χ1n) is 9.94. The summed E-state index contributed by atoms with van der Waals surface area (Å²) in [5, 5.41) is 7.21. The zero-order valence-electron chi connectivity index (χ0n) is 16.2. The Labute approximate surface area is 168 Å². The second-order valence-corrected chi connectivity index (χ2v) is 8.97. The van der Waals surface area contributed by atoms with E-state index in [9.17, 15) is 4.79 Å². The van der Waals surface area contributed by atoms with Crippen LogP contribution >= 0.6 is 11.8 Å². The fourth-order valence-electron chi connectivity index (χ4n) is 4.55. The van der Waals surface area contributed by atoms with Gasteiger partial charge in [-0.05, 0) is 62.3 Å². The minimum atomic E-state index is 0.0111. The molecule has 1 atom stereocenters. The van der Waals surface area contributed by atoms with Crippen LogP contribution in [0, 0.1) is 13.8 Å². The molecule has 0 bridgehead atoms. The molecular weight excluding hydrogens is 372 g/mol. The topological polar surface area (TPSA) is 72.9 Å². The molecule has 2 fully saturated rings. The number of carbonyl (C=O) groups excluding carboxylic acids is 1. The summed E-state index contributed by atoms with van der Waals surface area (Å²) in [6.07, 6.45) is 3.70. The smallest absolute Gasteiger partial charge is 0.220 e. The molecule has 146 valence electrons. The first kappa shape index (κ1) is 17.8. The highest BCUT2D eigenvalue weighted by molar-refractivity contribution is 7.99. The van der Waals surface area contributed by atoms with Crippen LogP contribution in [0.3, 0.4) is 0 Å². The Balaban J connectivity index is 1.65. The first-order chi connectivity index (χ1) is 13.6. The molecule has 3 aromatic rings. The van der Waals surface area contributed by atoms with Crippen molar-refractivity contribution >= 4 is 28.7 Å². The molecule has 2 aliphatic rings. The third-order valence-corrected chi connectivity index (χ3v) is 6.95. The molecule has 1 unspecified atom stereocenters. The largest absolute Gasteiger partial charge is 0.361 e. The molecule has 1 aromatic carbocycles. The fourth-order valence-corrected chi connectivity index (χ4v) is 5.63. The van der Waals surface area contributed by atoms with Crippen LogP contribution in [0.15, 0.2) is 22.7 Å². The average Bonchev–Trinajstić information content (AvgIpc) is 3.38. The van der Waals surface area contributed by atoms with E-state index in [1.807, 2.05) is 25.6 Å².